The van der Waals surface area contributed by atoms with Gasteiger partial charge in [0.05, 0.1) is 4.99 Å². The van der Waals surface area contributed by atoms with E-state index < -0.39 is 0 Å². The van der Waals surface area contributed by atoms with Crippen LogP contribution in [0.3, 0.4) is 0 Å². The van der Waals surface area contributed by atoms with Crippen molar-refractivity contribution in [2.45, 2.75) is 20.3 Å². The van der Waals surface area contributed by atoms with Crippen molar-refractivity contribution < 1.29 is 0 Å². The van der Waals surface area contributed by atoms with Crippen molar-refractivity contribution in [2.75, 3.05) is 31.1 Å². The zero-order chi connectivity index (χ0) is 15.5. The Morgan fingerprint density at radius 2 is 2.00 bits per heavy atom. The van der Waals surface area contributed by atoms with Gasteiger partial charge in [-0.15, -0.1) is 11.3 Å². The average Bonchev–Trinajstić information content (AvgIpc) is 3.00. The lowest BCUT2D eigenvalue weighted by Crippen LogP contribution is -2.48. The number of pyridine rings is 1. The lowest BCUT2D eigenvalue weighted by atomic mass is 10.1. The third-order valence-electron chi connectivity index (χ3n) is 3.81. The molecule has 0 radical (unpaired) electrons. The quantitative estimate of drug-likeness (QED) is 0.807. The largest absolute Gasteiger partial charge is 0.362 e. The van der Waals surface area contributed by atoms with E-state index in [1.165, 1.54) is 5.56 Å². The molecule has 0 aromatic carbocycles. The molecular formula is C16H20N4S2. The third kappa shape index (κ3) is 3.62. The molecule has 0 atom stereocenters. The van der Waals surface area contributed by atoms with E-state index in [9.17, 15) is 0 Å². The highest BCUT2D eigenvalue weighted by molar-refractivity contribution is 7.80. The molecule has 116 valence electrons. The molecule has 1 fully saturated rings. The van der Waals surface area contributed by atoms with E-state index in [2.05, 4.69) is 38.8 Å². The van der Waals surface area contributed by atoms with Gasteiger partial charge in [-0.25, -0.2) is 4.98 Å². The number of aryl methyl sites for hydroxylation is 2. The molecular weight excluding hydrogens is 312 g/mol. The topological polar surface area (TPSA) is 32.3 Å². The zero-order valence-corrected chi connectivity index (χ0v) is 14.6. The number of thiazole rings is 1. The van der Waals surface area contributed by atoms with Crippen molar-refractivity contribution in [3.05, 3.63) is 40.7 Å². The first-order valence-corrected chi connectivity index (χ1v) is 8.77. The minimum atomic E-state index is 0.759. The summed E-state index contributed by atoms with van der Waals surface area (Å²) in [7, 11) is 0. The Labute approximate surface area is 140 Å². The number of thiocarbonyl (C=S) groups is 1. The Kier molecular flexibility index (Phi) is 4.69. The fourth-order valence-electron chi connectivity index (χ4n) is 2.80. The van der Waals surface area contributed by atoms with Crippen LogP contribution in [0, 0.1) is 13.8 Å². The number of rotatable bonds is 3. The van der Waals surface area contributed by atoms with Crippen LogP contribution in [0.15, 0.2) is 23.7 Å². The van der Waals surface area contributed by atoms with E-state index in [4.69, 9.17) is 12.2 Å². The van der Waals surface area contributed by atoms with Crippen molar-refractivity contribution in [2.24, 2.45) is 0 Å². The van der Waals surface area contributed by atoms with E-state index in [1.54, 1.807) is 11.3 Å². The second kappa shape index (κ2) is 6.71. The Morgan fingerprint density at radius 1 is 1.23 bits per heavy atom. The van der Waals surface area contributed by atoms with Gasteiger partial charge in [0.1, 0.15) is 0 Å². The molecule has 1 saturated heterocycles. The van der Waals surface area contributed by atoms with Crippen LogP contribution in [0.25, 0.3) is 0 Å². The normalized spacial score (nSPS) is 15.2. The van der Waals surface area contributed by atoms with Gasteiger partial charge in [0.25, 0.3) is 0 Å². The van der Waals surface area contributed by atoms with Gasteiger partial charge in [-0.05, 0) is 31.5 Å². The summed E-state index contributed by atoms with van der Waals surface area (Å²) in [4.78, 5) is 14.6. The van der Waals surface area contributed by atoms with Gasteiger partial charge in [-0.1, -0.05) is 12.2 Å². The smallest absolute Gasteiger partial charge is 0.185 e. The van der Waals surface area contributed by atoms with Crippen LogP contribution in [-0.2, 0) is 6.42 Å². The second-order valence-corrected chi connectivity index (χ2v) is 6.98. The van der Waals surface area contributed by atoms with E-state index in [0.717, 1.165) is 54.1 Å². The van der Waals surface area contributed by atoms with Gasteiger partial charge in [-0.3, -0.25) is 4.98 Å². The first-order chi connectivity index (χ1) is 10.6. The number of hydrogen-bond acceptors (Lipinski definition) is 5. The van der Waals surface area contributed by atoms with Crippen LogP contribution in [0.1, 0.15) is 17.0 Å². The van der Waals surface area contributed by atoms with E-state index in [-0.39, 0.29) is 0 Å². The Balaban J connectivity index is 1.58. The standard InChI is InChI=1S/C16H20N4S2/c1-12-9-13(2)18-14(10-12)11-15(21)19-4-6-20(7-5-19)16-17-3-8-22-16/h3,8-10H,4-7,11H2,1-2H3. The summed E-state index contributed by atoms with van der Waals surface area (Å²) in [5, 5.41) is 3.14. The van der Waals surface area contributed by atoms with Crippen LogP contribution >= 0.6 is 23.6 Å². The molecule has 3 heterocycles. The zero-order valence-electron chi connectivity index (χ0n) is 13.0. The molecule has 2 aromatic rings. The summed E-state index contributed by atoms with van der Waals surface area (Å²) < 4.78 is 0. The average molecular weight is 332 g/mol. The summed E-state index contributed by atoms with van der Waals surface area (Å²) >= 11 is 7.33. The van der Waals surface area contributed by atoms with Crippen LogP contribution in [-0.4, -0.2) is 46.0 Å². The van der Waals surface area contributed by atoms with Crippen molar-refractivity contribution in [1.82, 2.24) is 14.9 Å². The van der Waals surface area contributed by atoms with Crippen molar-refractivity contribution >= 4 is 33.7 Å². The number of piperazine rings is 1. The SMILES string of the molecule is Cc1cc(C)nc(CC(=S)N2CCN(c3nccs3)CC2)c1. The molecule has 1 aliphatic rings. The summed E-state index contributed by atoms with van der Waals surface area (Å²) in [6, 6.07) is 4.23. The second-order valence-electron chi connectivity index (χ2n) is 5.64. The molecule has 0 aliphatic carbocycles. The minimum Gasteiger partial charge on any atom is -0.362 e. The first-order valence-electron chi connectivity index (χ1n) is 7.48. The fraction of sp³-hybridized carbons (Fsp3) is 0.438. The van der Waals surface area contributed by atoms with Gasteiger partial charge >= 0.3 is 0 Å². The maximum absolute atomic E-state index is 5.64. The van der Waals surface area contributed by atoms with Gasteiger partial charge in [0, 0.05) is 55.6 Å². The number of anilines is 1. The van der Waals surface area contributed by atoms with Crippen molar-refractivity contribution in [3.8, 4) is 0 Å². The highest BCUT2D eigenvalue weighted by atomic mass is 32.1. The monoisotopic (exact) mass is 332 g/mol. The molecule has 3 rings (SSSR count). The highest BCUT2D eigenvalue weighted by Crippen LogP contribution is 2.19. The highest BCUT2D eigenvalue weighted by Gasteiger charge is 2.20. The summed E-state index contributed by atoms with van der Waals surface area (Å²) in [6.45, 7) is 8.02. The molecule has 0 bridgehead atoms. The molecule has 0 amide bonds. The summed E-state index contributed by atoms with van der Waals surface area (Å²) in [5.74, 6) is 0. The van der Waals surface area contributed by atoms with Crippen molar-refractivity contribution in [1.29, 1.82) is 0 Å². The summed E-state index contributed by atoms with van der Waals surface area (Å²) in [6.07, 6.45) is 2.62. The van der Waals surface area contributed by atoms with Gasteiger partial charge < -0.3 is 9.80 Å². The summed E-state index contributed by atoms with van der Waals surface area (Å²) in [5.41, 5.74) is 3.38. The Bertz CT molecular complexity index is 626. The van der Waals surface area contributed by atoms with E-state index in [0.29, 0.717) is 0 Å². The number of nitrogens with zero attached hydrogens (tertiary/aromatic N) is 4. The van der Waals surface area contributed by atoms with Crippen LogP contribution < -0.4 is 4.90 Å². The molecule has 0 spiro atoms. The molecule has 0 unspecified atom stereocenters. The van der Waals surface area contributed by atoms with E-state index >= 15 is 0 Å². The lowest BCUT2D eigenvalue weighted by Gasteiger charge is -2.36. The molecule has 2 aromatic heterocycles. The molecule has 6 heteroatoms. The van der Waals surface area contributed by atoms with Gasteiger partial charge in [-0.2, -0.15) is 0 Å². The maximum Gasteiger partial charge on any atom is 0.185 e. The lowest BCUT2D eigenvalue weighted by molar-refractivity contribution is 0.386. The van der Waals surface area contributed by atoms with Crippen molar-refractivity contribution in [3.63, 3.8) is 0 Å². The molecule has 0 saturated carbocycles. The maximum atomic E-state index is 5.64. The molecule has 0 N–H and O–H groups in total. The third-order valence-corrected chi connectivity index (χ3v) is 5.04. The Hall–Kier alpha value is -1.53. The predicted octanol–water partition coefficient (Wildman–Crippen LogP) is 2.85. The van der Waals surface area contributed by atoms with Crippen LogP contribution in [0.2, 0.25) is 0 Å². The number of aromatic nitrogens is 2. The fourth-order valence-corrected chi connectivity index (χ4v) is 3.83. The number of hydrogen-bond donors (Lipinski definition) is 0. The van der Waals surface area contributed by atoms with Gasteiger partial charge in [0.15, 0.2) is 5.13 Å². The first kappa shape index (κ1) is 15.4. The van der Waals surface area contributed by atoms with Gasteiger partial charge in [0.2, 0.25) is 0 Å². The predicted molar refractivity (Wildman–Crippen MR) is 95.9 cm³/mol. The van der Waals surface area contributed by atoms with E-state index in [1.807, 2.05) is 18.5 Å². The van der Waals surface area contributed by atoms with Crippen LogP contribution in [0.5, 0.6) is 0 Å². The van der Waals surface area contributed by atoms with Crippen LogP contribution in [0.4, 0.5) is 5.13 Å². The Morgan fingerprint density at radius 3 is 2.64 bits per heavy atom. The molecule has 1 aliphatic heterocycles. The molecule has 22 heavy (non-hydrogen) atoms. The molecule has 4 nitrogen and oxygen atoms in total. The minimum absolute atomic E-state index is 0.759.